The third-order valence-electron chi connectivity index (χ3n) is 2.00. The predicted octanol–water partition coefficient (Wildman–Crippen LogP) is 2.18. The molecule has 0 aliphatic carbocycles. The van der Waals surface area contributed by atoms with Crippen LogP contribution in [0.25, 0.3) is 11.1 Å². The van der Waals surface area contributed by atoms with Gasteiger partial charge in [0.25, 0.3) is 0 Å². The molecule has 0 radical (unpaired) electrons. The maximum atomic E-state index is 13.4. The molecule has 0 fully saturated rings. The Bertz CT molecular complexity index is 530. The molecule has 1 aromatic carbocycles. The molecule has 0 atom stereocenters. The highest BCUT2D eigenvalue weighted by Gasteiger charge is 2.04. The summed E-state index contributed by atoms with van der Waals surface area (Å²) in [5, 5.41) is 10.6. The number of hydrogen-bond donors (Lipinski definition) is 1. The molecule has 1 N–H and O–H groups in total. The minimum atomic E-state index is -0.327. The van der Waals surface area contributed by atoms with Crippen molar-refractivity contribution in [1.82, 2.24) is 9.97 Å². The fourth-order valence-corrected chi connectivity index (χ4v) is 1.28. The van der Waals surface area contributed by atoms with Gasteiger partial charge in [0.05, 0.1) is 0 Å². The fourth-order valence-electron chi connectivity index (χ4n) is 1.28. The van der Waals surface area contributed by atoms with Crippen molar-refractivity contribution in [2.75, 3.05) is 5.32 Å². The Morgan fingerprint density at radius 3 is 2.50 bits per heavy atom. The molecule has 0 saturated carbocycles. The van der Waals surface area contributed by atoms with Crippen LogP contribution in [0.3, 0.4) is 0 Å². The third kappa shape index (κ3) is 1.96. The van der Waals surface area contributed by atoms with Gasteiger partial charge in [-0.25, -0.2) is 14.4 Å². The van der Waals surface area contributed by atoms with E-state index in [1.54, 1.807) is 24.4 Å². The van der Waals surface area contributed by atoms with Gasteiger partial charge in [0.2, 0.25) is 5.95 Å². The van der Waals surface area contributed by atoms with Crippen LogP contribution in [0.4, 0.5) is 10.3 Å². The molecule has 0 saturated heterocycles. The van der Waals surface area contributed by atoms with Crippen LogP contribution in [-0.4, -0.2) is 9.97 Å². The number of benzene rings is 1. The Balaban J connectivity index is 2.36. The Morgan fingerprint density at radius 1 is 1.19 bits per heavy atom. The van der Waals surface area contributed by atoms with E-state index in [0.717, 1.165) is 0 Å². The average Bonchev–Trinajstić information content (AvgIpc) is 2.31. The van der Waals surface area contributed by atoms with E-state index < -0.39 is 0 Å². The van der Waals surface area contributed by atoms with Crippen molar-refractivity contribution in [2.24, 2.45) is 0 Å². The van der Waals surface area contributed by atoms with Gasteiger partial charge in [0, 0.05) is 23.5 Å². The van der Waals surface area contributed by atoms with Crippen molar-refractivity contribution < 1.29 is 4.39 Å². The number of aromatic nitrogens is 2. The highest BCUT2D eigenvalue weighted by Crippen LogP contribution is 2.20. The second kappa shape index (κ2) is 4.36. The van der Waals surface area contributed by atoms with Crippen LogP contribution in [0.2, 0.25) is 0 Å². The first-order chi connectivity index (χ1) is 7.81. The molecule has 0 bridgehead atoms. The van der Waals surface area contributed by atoms with Crippen molar-refractivity contribution in [2.45, 2.75) is 0 Å². The quantitative estimate of drug-likeness (QED) is 0.614. The summed E-state index contributed by atoms with van der Waals surface area (Å²) in [5.41, 5.74) is 1.01. The molecule has 5 heteroatoms. The lowest BCUT2D eigenvalue weighted by atomic mass is 10.1. The first-order valence-corrected chi connectivity index (χ1v) is 4.53. The SMILES string of the molecule is N#CNc1ncc(-c2ccccc2F)cn1. The molecule has 0 amide bonds. The lowest BCUT2D eigenvalue weighted by Gasteiger charge is -2.02. The molecule has 4 nitrogen and oxygen atoms in total. The smallest absolute Gasteiger partial charge is 0.236 e. The zero-order valence-corrected chi connectivity index (χ0v) is 8.18. The van der Waals surface area contributed by atoms with E-state index in [1.807, 2.05) is 0 Å². The van der Waals surface area contributed by atoms with Gasteiger partial charge in [0.15, 0.2) is 6.19 Å². The summed E-state index contributed by atoms with van der Waals surface area (Å²) in [4.78, 5) is 7.75. The van der Waals surface area contributed by atoms with Gasteiger partial charge in [0.1, 0.15) is 5.82 Å². The number of rotatable bonds is 2. The molecule has 0 spiro atoms. The number of nitriles is 1. The Kier molecular flexibility index (Phi) is 2.74. The number of hydrogen-bond acceptors (Lipinski definition) is 4. The second-order valence-electron chi connectivity index (χ2n) is 3.01. The first-order valence-electron chi connectivity index (χ1n) is 4.53. The standard InChI is InChI=1S/C11H7FN4/c12-10-4-2-1-3-9(10)8-5-14-11(15-6-8)16-7-13/h1-6H,(H,14,15,16). The summed E-state index contributed by atoms with van der Waals surface area (Å²) < 4.78 is 13.4. The van der Waals surface area contributed by atoms with Gasteiger partial charge < -0.3 is 0 Å². The molecule has 1 aromatic heterocycles. The van der Waals surface area contributed by atoms with Gasteiger partial charge >= 0.3 is 0 Å². The Hall–Kier alpha value is -2.48. The summed E-state index contributed by atoms with van der Waals surface area (Å²) in [5.74, 6) is -0.130. The van der Waals surface area contributed by atoms with Crippen molar-refractivity contribution in [3.05, 3.63) is 42.5 Å². The van der Waals surface area contributed by atoms with E-state index >= 15 is 0 Å². The molecule has 0 unspecified atom stereocenters. The van der Waals surface area contributed by atoms with Crippen molar-refractivity contribution >= 4 is 5.95 Å². The zero-order chi connectivity index (χ0) is 11.4. The van der Waals surface area contributed by atoms with E-state index in [1.165, 1.54) is 18.5 Å². The van der Waals surface area contributed by atoms with Crippen LogP contribution in [-0.2, 0) is 0 Å². The third-order valence-corrected chi connectivity index (χ3v) is 2.00. The second-order valence-corrected chi connectivity index (χ2v) is 3.01. The van der Waals surface area contributed by atoms with Gasteiger partial charge in [-0.3, -0.25) is 5.32 Å². The minimum Gasteiger partial charge on any atom is -0.261 e. The molecule has 16 heavy (non-hydrogen) atoms. The van der Waals surface area contributed by atoms with Crippen molar-refractivity contribution in [1.29, 1.82) is 5.26 Å². The molecular formula is C11H7FN4. The topological polar surface area (TPSA) is 61.6 Å². The molecular weight excluding hydrogens is 207 g/mol. The zero-order valence-electron chi connectivity index (χ0n) is 8.18. The monoisotopic (exact) mass is 214 g/mol. The van der Waals surface area contributed by atoms with Crippen LogP contribution >= 0.6 is 0 Å². The Labute approximate surface area is 91.4 Å². The summed E-state index contributed by atoms with van der Waals surface area (Å²) >= 11 is 0. The maximum Gasteiger partial charge on any atom is 0.236 e. The normalized spacial score (nSPS) is 9.50. The number of anilines is 1. The van der Waals surface area contributed by atoms with E-state index in [0.29, 0.717) is 11.1 Å². The molecule has 1 heterocycles. The average molecular weight is 214 g/mol. The first kappa shape index (κ1) is 10.1. The van der Waals surface area contributed by atoms with E-state index in [4.69, 9.17) is 5.26 Å². The van der Waals surface area contributed by atoms with Gasteiger partial charge in [-0.1, -0.05) is 18.2 Å². The largest absolute Gasteiger partial charge is 0.261 e. The van der Waals surface area contributed by atoms with Gasteiger partial charge in [-0.15, -0.1) is 0 Å². The minimum absolute atomic E-state index is 0.197. The molecule has 2 aromatic rings. The summed E-state index contributed by atoms with van der Waals surface area (Å²) in [6.07, 6.45) is 4.63. The molecule has 2 rings (SSSR count). The molecule has 0 aliphatic heterocycles. The fraction of sp³-hybridized carbons (Fsp3) is 0. The molecule has 0 aliphatic rings. The van der Waals surface area contributed by atoms with E-state index in [9.17, 15) is 4.39 Å². The highest BCUT2D eigenvalue weighted by molar-refractivity contribution is 5.62. The number of nitrogens with zero attached hydrogens (tertiary/aromatic N) is 3. The Morgan fingerprint density at radius 2 is 1.88 bits per heavy atom. The lowest BCUT2D eigenvalue weighted by Crippen LogP contribution is -1.95. The lowest BCUT2D eigenvalue weighted by molar-refractivity contribution is 0.631. The predicted molar refractivity (Wildman–Crippen MR) is 56.7 cm³/mol. The van der Waals surface area contributed by atoms with Crippen LogP contribution in [0.1, 0.15) is 0 Å². The van der Waals surface area contributed by atoms with E-state index in [-0.39, 0.29) is 11.8 Å². The van der Waals surface area contributed by atoms with Crippen LogP contribution in [0.5, 0.6) is 0 Å². The summed E-state index contributed by atoms with van der Waals surface area (Å²) in [6.45, 7) is 0. The van der Waals surface area contributed by atoms with Crippen molar-refractivity contribution in [3.8, 4) is 17.3 Å². The number of nitrogens with one attached hydrogen (secondary N) is 1. The highest BCUT2D eigenvalue weighted by atomic mass is 19.1. The summed E-state index contributed by atoms with van der Waals surface area (Å²) in [7, 11) is 0. The number of halogens is 1. The van der Waals surface area contributed by atoms with Gasteiger partial charge in [-0.05, 0) is 6.07 Å². The van der Waals surface area contributed by atoms with Crippen molar-refractivity contribution in [3.63, 3.8) is 0 Å². The molecule has 78 valence electrons. The van der Waals surface area contributed by atoms with Crippen LogP contribution in [0, 0.1) is 17.3 Å². The van der Waals surface area contributed by atoms with E-state index in [2.05, 4.69) is 15.3 Å². The summed E-state index contributed by atoms with van der Waals surface area (Å²) in [6, 6.07) is 6.37. The van der Waals surface area contributed by atoms with Crippen LogP contribution in [0.15, 0.2) is 36.7 Å². The van der Waals surface area contributed by atoms with Gasteiger partial charge in [-0.2, -0.15) is 5.26 Å². The van der Waals surface area contributed by atoms with Crippen LogP contribution < -0.4 is 5.32 Å². The maximum absolute atomic E-state index is 13.4.